The van der Waals surface area contributed by atoms with Crippen LogP contribution in [0.15, 0.2) is 60.7 Å². The molecule has 1 heterocycles. The second kappa shape index (κ2) is 14.0. The minimum absolute atomic E-state index is 0.161. The highest BCUT2D eigenvalue weighted by molar-refractivity contribution is 6.06. The zero-order chi connectivity index (χ0) is 29.2. The first-order chi connectivity index (χ1) is 19.0. The Morgan fingerprint density at radius 3 is 2.05 bits per heavy atom. The summed E-state index contributed by atoms with van der Waals surface area (Å²) in [5, 5.41) is 9.56. The summed E-state index contributed by atoms with van der Waals surface area (Å²) in [5.74, 6) is -4.31. The highest BCUT2D eigenvalue weighted by Crippen LogP contribution is 2.35. The minimum atomic E-state index is -1.33. The van der Waals surface area contributed by atoms with Gasteiger partial charge in [-0.2, -0.15) is 0 Å². The number of ketones is 1. The van der Waals surface area contributed by atoms with Crippen molar-refractivity contribution in [3.05, 3.63) is 71.8 Å². The molecule has 0 bridgehead atoms. The number of hydrogen-bond acceptors (Lipinski definition) is 10. The Bertz CT molecular complexity index is 1240. The Hall–Kier alpha value is -4.51. The first kappa shape index (κ1) is 30.0. The molecule has 0 spiro atoms. The summed E-state index contributed by atoms with van der Waals surface area (Å²) in [6.07, 6.45) is -2.42. The molecule has 2 aromatic rings. The molecule has 11 heteroatoms. The monoisotopic (exact) mass is 554 g/mol. The van der Waals surface area contributed by atoms with Gasteiger partial charge in [-0.3, -0.25) is 24.0 Å². The first-order valence-electron chi connectivity index (χ1n) is 12.4. The lowest BCUT2D eigenvalue weighted by Gasteiger charge is -2.44. The molecule has 0 radical (unpaired) electrons. The number of rotatable bonds is 11. The molecule has 2 aromatic carbocycles. The van der Waals surface area contributed by atoms with E-state index in [0.717, 1.165) is 13.8 Å². The number of carbonyl (C=O) groups is 5. The van der Waals surface area contributed by atoms with Crippen molar-refractivity contribution in [3.63, 3.8) is 0 Å². The maximum Gasteiger partial charge on any atom is 0.303 e. The van der Waals surface area contributed by atoms with E-state index in [1.807, 2.05) is 6.07 Å². The lowest BCUT2D eigenvalue weighted by atomic mass is 9.86. The third-order valence-corrected chi connectivity index (χ3v) is 5.87. The molecular weight excluding hydrogens is 524 g/mol. The molecule has 1 aliphatic rings. The van der Waals surface area contributed by atoms with Gasteiger partial charge in [-0.15, -0.1) is 0 Å². The predicted molar refractivity (Wildman–Crippen MR) is 139 cm³/mol. The Kier molecular flexibility index (Phi) is 10.5. The number of carboxylic acids is 1. The quantitative estimate of drug-likeness (QED) is 0.189. The van der Waals surface area contributed by atoms with Crippen LogP contribution >= 0.6 is 0 Å². The Morgan fingerprint density at radius 1 is 0.850 bits per heavy atom. The van der Waals surface area contributed by atoms with Crippen LogP contribution in [0.2, 0.25) is 0 Å². The van der Waals surface area contributed by atoms with E-state index >= 15 is 0 Å². The number of carboxylic acid groups (broad SMARTS) is 1. The zero-order valence-corrected chi connectivity index (χ0v) is 22.2. The molecule has 0 aliphatic carbocycles. The van der Waals surface area contributed by atoms with Crippen LogP contribution in [0.5, 0.6) is 5.75 Å². The molecule has 1 aliphatic heterocycles. The number of benzene rings is 2. The van der Waals surface area contributed by atoms with Gasteiger partial charge >= 0.3 is 23.9 Å². The van der Waals surface area contributed by atoms with Gasteiger partial charge in [-0.25, -0.2) is 0 Å². The minimum Gasteiger partial charge on any atom is -0.481 e. The third-order valence-electron chi connectivity index (χ3n) is 5.87. The van der Waals surface area contributed by atoms with Gasteiger partial charge in [0.2, 0.25) is 6.29 Å². The lowest BCUT2D eigenvalue weighted by Crippen LogP contribution is -2.60. The maximum atomic E-state index is 12.3. The van der Waals surface area contributed by atoms with Crippen molar-refractivity contribution in [2.75, 3.05) is 6.61 Å². The maximum absolute atomic E-state index is 12.3. The van der Waals surface area contributed by atoms with Crippen molar-refractivity contribution in [3.8, 4) is 5.75 Å². The van der Waals surface area contributed by atoms with Crippen LogP contribution in [0.4, 0.5) is 0 Å². The van der Waals surface area contributed by atoms with Gasteiger partial charge in [-0.1, -0.05) is 48.5 Å². The fourth-order valence-corrected chi connectivity index (χ4v) is 4.21. The second-order valence-corrected chi connectivity index (χ2v) is 9.01. The highest BCUT2D eigenvalue weighted by Gasteiger charge is 2.51. The number of esters is 3. The molecule has 11 nitrogen and oxygen atoms in total. The van der Waals surface area contributed by atoms with Crippen molar-refractivity contribution in [2.45, 2.75) is 51.8 Å². The molecule has 0 aromatic heterocycles. The van der Waals surface area contributed by atoms with Gasteiger partial charge in [0.05, 0.1) is 12.3 Å². The van der Waals surface area contributed by atoms with Gasteiger partial charge < -0.3 is 28.8 Å². The normalized spacial score (nSPS) is 22.2. The number of aliphatic carboxylic acids is 1. The van der Waals surface area contributed by atoms with E-state index in [2.05, 4.69) is 0 Å². The molecule has 0 amide bonds. The second-order valence-electron chi connectivity index (χ2n) is 9.01. The van der Waals surface area contributed by atoms with E-state index in [-0.39, 0.29) is 18.1 Å². The number of ether oxygens (including phenoxy) is 5. The number of allylic oxidation sites excluding steroid dienone is 1. The van der Waals surface area contributed by atoms with Crippen LogP contribution in [-0.2, 0) is 38.1 Å². The number of carbonyl (C=O) groups excluding carboxylic acids is 4. The molecule has 1 saturated heterocycles. The Balaban J connectivity index is 1.85. The Morgan fingerprint density at radius 2 is 1.48 bits per heavy atom. The van der Waals surface area contributed by atoms with Crippen molar-refractivity contribution in [2.24, 2.45) is 5.92 Å². The van der Waals surface area contributed by atoms with Gasteiger partial charge in [0, 0.05) is 26.3 Å². The third kappa shape index (κ3) is 8.77. The van der Waals surface area contributed by atoms with Crippen LogP contribution in [0, 0.1) is 5.92 Å². The summed E-state index contributed by atoms with van der Waals surface area (Å²) in [6, 6.07) is 15.3. The summed E-state index contributed by atoms with van der Waals surface area (Å²) in [6.45, 7) is 3.08. The summed E-state index contributed by atoms with van der Waals surface area (Å²) in [7, 11) is 0. The van der Waals surface area contributed by atoms with E-state index in [9.17, 15) is 29.1 Å². The van der Waals surface area contributed by atoms with E-state index in [4.69, 9.17) is 23.7 Å². The average Bonchev–Trinajstić information content (AvgIpc) is 2.90. The zero-order valence-electron chi connectivity index (χ0n) is 22.2. The first-order valence-corrected chi connectivity index (χ1v) is 12.4. The molecule has 3 rings (SSSR count). The Labute approximate surface area is 230 Å². The van der Waals surface area contributed by atoms with Crippen LogP contribution in [-0.4, -0.2) is 66.0 Å². The number of hydrogen-bond donors (Lipinski definition) is 1. The van der Waals surface area contributed by atoms with E-state index in [1.54, 1.807) is 54.6 Å². The van der Waals surface area contributed by atoms with Crippen LogP contribution < -0.4 is 4.74 Å². The van der Waals surface area contributed by atoms with Crippen LogP contribution in [0.3, 0.4) is 0 Å². The lowest BCUT2D eigenvalue weighted by molar-refractivity contribution is -0.274. The summed E-state index contributed by atoms with van der Waals surface area (Å²) < 4.78 is 27.7. The molecule has 40 heavy (non-hydrogen) atoms. The topological polar surface area (TPSA) is 152 Å². The summed E-state index contributed by atoms with van der Waals surface area (Å²) in [5.41, 5.74) is 1.25. The van der Waals surface area contributed by atoms with E-state index in [1.165, 1.54) is 13.0 Å². The summed E-state index contributed by atoms with van der Waals surface area (Å²) >= 11 is 0. The van der Waals surface area contributed by atoms with Crippen molar-refractivity contribution in [1.82, 2.24) is 0 Å². The van der Waals surface area contributed by atoms with Gasteiger partial charge in [0.15, 0.2) is 11.9 Å². The van der Waals surface area contributed by atoms with E-state index < -0.39 is 60.8 Å². The molecule has 5 atom stereocenters. The largest absolute Gasteiger partial charge is 0.481 e. The predicted octanol–water partition coefficient (Wildman–Crippen LogP) is 3.20. The highest BCUT2D eigenvalue weighted by atomic mass is 16.7. The standard InChI is InChI=1S/C29H30O11/c1-17(30)36-16-25-27(37-18(2)31)23(15-26(34)35)28(38-19(3)32)29(40-25)39-22-12-9-20(10-13-22)11-14-24(33)21-7-5-4-6-8-21/h4-14,23,25,27-29H,15-16H2,1-3H3,(H,34,35)/b14-11+/t23-,25+,27-,28-,29+/m1/s1. The molecule has 212 valence electrons. The van der Waals surface area contributed by atoms with Crippen LogP contribution in [0.1, 0.15) is 43.1 Å². The average molecular weight is 555 g/mol. The van der Waals surface area contributed by atoms with Gasteiger partial charge in [-0.05, 0) is 23.8 Å². The van der Waals surface area contributed by atoms with Crippen molar-refractivity contribution >= 4 is 35.7 Å². The molecule has 1 N–H and O–H groups in total. The van der Waals surface area contributed by atoms with Crippen LogP contribution in [0.25, 0.3) is 6.08 Å². The van der Waals surface area contributed by atoms with Crippen molar-refractivity contribution in [1.29, 1.82) is 0 Å². The molecular formula is C29H30O11. The molecule has 1 fully saturated rings. The van der Waals surface area contributed by atoms with Crippen molar-refractivity contribution < 1.29 is 52.8 Å². The molecule has 0 unspecified atom stereocenters. The van der Waals surface area contributed by atoms with E-state index in [0.29, 0.717) is 11.1 Å². The molecule has 0 saturated carbocycles. The smallest absolute Gasteiger partial charge is 0.303 e. The fourth-order valence-electron chi connectivity index (χ4n) is 4.21. The summed E-state index contributed by atoms with van der Waals surface area (Å²) in [4.78, 5) is 59.3. The van der Waals surface area contributed by atoms with Gasteiger partial charge in [0.25, 0.3) is 0 Å². The SMILES string of the molecule is CC(=O)OC[C@@H]1O[C@H](Oc2ccc(/C=C/C(=O)c3ccccc3)cc2)[C@H](OC(C)=O)[C@H](CC(=O)O)[C@H]1OC(C)=O. The van der Waals surface area contributed by atoms with Gasteiger partial charge in [0.1, 0.15) is 24.6 Å². The fraction of sp³-hybridized carbons (Fsp3) is 0.345.